The van der Waals surface area contributed by atoms with Crippen molar-refractivity contribution >= 4 is 5.97 Å². The van der Waals surface area contributed by atoms with Gasteiger partial charge in [0.15, 0.2) is 0 Å². The first-order valence-corrected chi connectivity index (χ1v) is 6.60. The first-order chi connectivity index (χ1) is 8.55. The number of imidazole rings is 1. The first kappa shape index (κ1) is 15.7. The molecule has 1 rings (SSSR count). The topological polar surface area (TPSA) is 70.1 Å². The third kappa shape index (κ3) is 4.35. The van der Waals surface area contributed by atoms with E-state index in [1.54, 1.807) is 6.92 Å². The van der Waals surface area contributed by atoms with Gasteiger partial charge >= 0.3 is 5.97 Å². The average molecular weight is 267 g/mol. The van der Waals surface area contributed by atoms with E-state index in [0.717, 1.165) is 17.9 Å². The Morgan fingerprint density at radius 3 is 2.47 bits per heavy atom. The number of rotatable bonds is 4. The normalized spacial score (nSPS) is 15.1. The maximum Gasteiger partial charge on any atom is 0.328 e. The van der Waals surface area contributed by atoms with Gasteiger partial charge in [-0.3, -0.25) is 0 Å². The van der Waals surface area contributed by atoms with Crippen molar-refractivity contribution in [1.29, 1.82) is 0 Å². The van der Waals surface area contributed by atoms with E-state index < -0.39 is 17.1 Å². The Labute approximate surface area is 115 Å². The summed E-state index contributed by atoms with van der Waals surface area (Å²) in [7, 11) is 0. The van der Waals surface area contributed by atoms with Crippen LogP contribution < -0.4 is 5.73 Å². The molecule has 1 heterocycles. The fraction of sp³-hybridized carbons (Fsp3) is 0.714. The Morgan fingerprint density at radius 1 is 1.42 bits per heavy atom. The lowest BCUT2D eigenvalue weighted by atomic mass is 10.0. The molecule has 1 atom stereocenters. The van der Waals surface area contributed by atoms with E-state index >= 15 is 0 Å². The van der Waals surface area contributed by atoms with Gasteiger partial charge in [0.1, 0.15) is 17.0 Å². The van der Waals surface area contributed by atoms with Crippen molar-refractivity contribution in [2.24, 2.45) is 5.73 Å². The maximum atomic E-state index is 12.1. The quantitative estimate of drug-likeness (QED) is 0.845. The third-order valence-corrected chi connectivity index (χ3v) is 2.66. The van der Waals surface area contributed by atoms with Gasteiger partial charge in [0.05, 0.1) is 12.2 Å². The van der Waals surface area contributed by atoms with E-state index in [9.17, 15) is 4.79 Å². The molecule has 1 aromatic rings. The van der Waals surface area contributed by atoms with Gasteiger partial charge in [-0.05, 0) is 34.6 Å². The molecule has 0 amide bonds. The SMILES string of the molecule is CCc1nc(C)cn1CC(C)(N)C(=O)OC(C)(C)C. The summed E-state index contributed by atoms with van der Waals surface area (Å²) < 4.78 is 7.29. The number of nitrogens with zero attached hydrogens (tertiary/aromatic N) is 2. The van der Waals surface area contributed by atoms with Crippen molar-refractivity contribution in [2.45, 2.75) is 65.6 Å². The molecule has 1 unspecified atom stereocenters. The standard InChI is InChI=1S/C14H25N3O2/c1-7-11-16-10(2)8-17(11)9-14(6,15)12(18)19-13(3,4)5/h8H,7,9,15H2,1-6H3. The van der Waals surface area contributed by atoms with Gasteiger partial charge in [-0.2, -0.15) is 0 Å². The summed E-state index contributed by atoms with van der Waals surface area (Å²) in [5, 5.41) is 0. The number of aryl methyl sites for hydroxylation is 2. The Morgan fingerprint density at radius 2 is 2.00 bits per heavy atom. The Hall–Kier alpha value is -1.36. The Balaban J connectivity index is 2.86. The summed E-state index contributed by atoms with van der Waals surface area (Å²) in [6.45, 7) is 11.5. The summed E-state index contributed by atoms with van der Waals surface area (Å²) in [6.07, 6.45) is 2.71. The van der Waals surface area contributed by atoms with Crippen LogP contribution in [-0.4, -0.2) is 26.7 Å². The molecule has 0 aromatic carbocycles. The van der Waals surface area contributed by atoms with Crippen LogP contribution in [0.5, 0.6) is 0 Å². The number of esters is 1. The lowest BCUT2D eigenvalue weighted by molar-refractivity contribution is -0.161. The summed E-state index contributed by atoms with van der Waals surface area (Å²) in [4.78, 5) is 16.5. The molecule has 0 saturated heterocycles. The molecule has 0 radical (unpaired) electrons. The molecule has 1 aromatic heterocycles. The van der Waals surface area contributed by atoms with Crippen molar-refractivity contribution < 1.29 is 9.53 Å². The molecule has 5 nitrogen and oxygen atoms in total. The average Bonchev–Trinajstić information content (AvgIpc) is 2.55. The summed E-state index contributed by atoms with van der Waals surface area (Å²) in [6, 6.07) is 0. The Bertz CT molecular complexity index is 456. The minimum atomic E-state index is -1.07. The van der Waals surface area contributed by atoms with Gasteiger partial charge in [-0.15, -0.1) is 0 Å². The second-order valence-corrected chi connectivity index (χ2v) is 6.20. The zero-order valence-corrected chi connectivity index (χ0v) is 12.8. The molecule has 19 heavy (non-hydrogen) atoms. The number of carbonyl (C=O) groups is 1. The highest BCUT2D eigenvalue weighted by Crippen LogP contribution is 2.16. The molecule has 0 aliphatic heterocycles. The molecular weight excluding hydrogens is 242 g/mol. The fourth-order valence-electron chi connectivity index (χ4n) is 1.83. The van der Waals surface area contributed by atoms with E-state index in [0.29, 0.717) is 6.54 Å². The second kappa shape index (κ2) is 5.33. The van der Waals surface area contributed by atoms with E-state index in [4.69, 9.17) is 10.5 Å². The van der Waals surface area contributed by atoms with Crippen LogP contribution >= 0.6 is 0 Å². The van der Waals surface area contributed by atoms with E-state index in [1.165, 1.54) is 0 Å². The van der Waals surface area contributed by atoms with Crippen molar-refractivity contribution in [2.75, 3.05) is 0 Å². The van der Waals surface area contributed by atoms with Crippen LogP contribution in [0.1, 0.15) is 46.1 Å². The largest absolute Gasteiger partial charge is 0.459 e. The van der Waals surface area contributed by atoms with E-state index in [2.05, 4.69) is 4.98 Å². The monoisotopic (exact) mass is 267 g/mol. The molecule has 0 aliphatic carbocycles. The number of hydrogen-bond acceptors (Lipinski definition) is 4. The molecule has 0 fully saturated rings. The van der Waals surface area contributed by atoms with Crippen LogP contribution in [-0.2, 0) is 22.5 Å². The number of carbonyl (C=O) groups excluding carboxylic acids is 1. The molecule has 2 N–H and O–H groups in total. The smallest absolute Gasteiger partial charge is 0.328 e. The molecule has 0 spiro atoms. The maximum absolute atomic E-state index is 12.1. The van der Waals surface area contributed by atoms with Gasteiger partial charge in [0.2, 0.25) is 0 Å². The highest BCUT2D eigenvalue weighted by atomic mass is 16.6. The number of hydrogen-bond donors (Lipinski definition) is 1. The van der Waals surface area contributed by atoms with Crippen molar-refractivity contribution in [3.63, 3.8) is 0 Å². The summed E-state index contributed by atoms with van der Waals surface area (Å²) >= 11 is 0. The van der Waals surface area contributed by atoms with Crippen molar-refractivity contribution in [3.05, 3.63) is 17.7 Å². The molecule has 0 saturated carbocycles. The highest BCUT2D eigenvalue weighted by Gasteiger charge is 2.34. The number of aromatic nitrogens is 2. The first-order valence-electron chi connectivity index (χ1n) is 6.60. The van der Waals surface area contributed by atoms with Crippen LogP contribution in [0.25, 0.3) is 0 Å². The Kier molecular flexibility index (Phi) is 4.40. The zero-order valence-electron chi connectivity index (χ0n) is 12.8. The van der Waals surface area contributed by atoms with Gasteiger partial charge < -0.3 is 15.0 Å². The van der Waals surface area contributed by atoms with E-state index in [1.807, 2.05) is 45.4 Å². The van der Waals surface area contributed by atoms with Crippen LogP contribution in [0.2, 0.25) is 0 Å². The summed E-state index contributed by atoms with van der Waals surface area (Å²) in [5.41, 5.74) is 5.44. The van der Waals surface area contributed by atoms with Crippen LogP contribution in [0.4, 0.5) is 0 Å². The predicted molar refractivity (Wildman–Crippen MR) is 74.8 cm³/mol. The lowest BCUT2D eigenvalue weighted by Crippen LogP contribution is -2.51. The van der Waals surface area contributed by atoms with Gasteiger partial charge in [-0.1, -0.05) is 6.92 Å². The number of nitrogens with two attached hydrogens (primary N) is 1. The zero-order chi connectivity index (χ0) is 14.8. The van der Waals surface area contributed by atoms with Gasteiger partial charge in [0.25, 0.3) is 0 Å². The van der Waals surface area contributed by atoms with Crippen molar-refractivity contribution in [3.8, 4) is 0 Å². The molecular formula is C14H25N3O2. The predicted octanol–water partition coefficient (Wildman–Crippen LogP) is 1.81. The van der Waals surface area contributed by atoms with Crippen LogP contribution in [0.15, 0.2) is 6.20 Å². The minimum Gasteiger partial charge on any atom is -0.459 e. The third-order valence-electron chi connectivity index (χ3n) is 2.66. The van der Waals surface area contributed by atoms with Crippen LogP contribution in [0, 0.1) is 6.92 Å². The number of ether oxygens (including phenoxy) is 1. The van der Waals surface area contributed by atoms with Crippen LogP contribution in [0.3, 0.4) is 0 Å². The lowest BCUT2D eigenvalue weighted by Gasteiger charge is -2.28. The molecule has 108 valence electrons. The highest BCUT2D eigenvalue weighted by molar-refractivity contribution is 5.80. The van der Waals surface area contributed by atoms with Gasteiger partial charge in [-0.25, -0.2) is 9.78 Å². The van der Waals surface area contributed by atoms with Crippen molar-refractivity contribution in [1.82, 2.24) is 9.55 Å². The summed E-state index contributed by atoms with van der Waals surface area (Å²) in [5.74, 6) is 0.533. The van der Waals surface area contributed by atoms with Gasteiger partial charge in [0, 0.05) is 12.6 Å². The van der Waals surface area contributed by atoms with E-state index in [-0.39, 0.29) is 0 Å². The second-order valence-electron chi connectivity index (χ2n) is 6.20. The minimum absolute atomic E-state index is 0.367. The molecule has 0 bridgehead atoms. The molecule has 0 aliphatic rings. The molecule has 5 heteroatoms. The fourth-order valence-corrected chi connectivity index (χ4v) is 1.83.